The standard InChI is InChI=1S/C9H11NO3/c1-7-4-3-5-8(13-2)6-9(7)10(11)12/h3,5-6H,4H2,1-2H3. The molecule has 1 aliphatic rings. The van der Waals surface area contributed by atoms with Gasteiger partial charge in [-0.2, -0.15) is 0 Å². The summed E-state index contributed by atoms with van der Waals surface area (Å²) in [5, 5.41) is 10.6. The van der Waals surface area contributed by atoms with Crippen LogP contribution in [-0.2, 0) is 4.74 Å². The average Bonchev–Trinajstić information content (AvgIpc) is 2.26. The van der Waals surface area contributed by atoms with E-state index in [0.717, 1.165) is 5.57 Å². The summed E-state index contributed by atoms with van der Waals surface area (Å²) in [5.41, 5.74) is 0.871. The molecule has 0 saturated carbocycles. The van der Waals surface area contributed by atoms with Gasteiger partial charge in [-0.05, 0) is 19.4 Å². The van der Waals surface area contributed by atoms with Gasteiger partial charge in [-0.1, -0.05) is 6.08 Å². The molecule has 0 atom stereocenters. The predicted octanol–water partition coefficient (Wildman–Crippen LogP) is 2.03. The molecule has 0 unspecified atom stereocenters. The van der Waals surface area contributed by atoms with Gasteiger partial charge < -0.3 is 4.74 Å². The van der Waals surface area contributed by atoms with Crippen molar-refractivity contribution in [3.63, 3.8) is 0 Å². The van der Waals surface area contributed by atoms with Gasteiger partial charge >= 0.3 is 0 Å². The number of ether oxygens (including phenoxy) is 1. The Balaban J connectivity index is 3.08. The number of rotatable bonds is 2. The zero-order valence-corrected chi connectivity index (χ0v) is 7.61. The number of nitro groups is 1. The third-order valence-electron chi connectivity index (χ3n) is 1.85. The first-order valence-corrected chi connectivity index (χ1v) is 3.91. The SMILES string of the molecule is COC1=CC([N+](=O)[O-])=C(C)CC=C1. The minimum atomic E-state index is -0.388. The van der Waals surface area contributed by atoms with Crippen molar-refractivity contribution in [2.24, 2.45) is 0 Å². The van der Waals surface area contributed by atoms with E-state index in [1.54, 1.807) is 13.0 Å². The first-order valence-electron chi connectivity index (χ1n) is 3.91. The highest BCUT2D eigenvalue weighted by molar-refractivity contribution is 5.30. The molecule has 0 aliphatic heterocycles. The molecule has 0 spiro atoms. The van der Waals surface area contributed by atoms with Gasteiger partial charge in [-0.25, -0.2) is 0 Å². The summed E-state index contributed by atoms with van der Waals surface area (Å²) in [4.78, 5) is 10.2. The van der Waals surface area contributed by atoms with Crippen LogP contribution in [0, 0.1) is 10.1 Å². The van der Waals surface area contributed by atoms with Crippen molar-refractivity contribution >= 4 is 0 Å². The Morgan fingerprint density at radius 1 is 1.62 bits per heavy atom. The summed E-state index contributed by atoms with van der Waals surface area (Å²) >= 11 is 0. The van der Waals surface area contributed by atoms with E-state index in [4.69, 9.17) is 4.74 Å². The normalized spacial score (nSPS) is 16.6. The quantitative estimate of drug-likeness (QED) is 0.483. The van der Waals surface area contributed by atoms with Gasteiger partial charge in [0.1, 0.15) is 5.76 Å². The van der Waals surface area contributed by atoms with Gasteiger partial charge in [0, 0.05) is 5.57 Å². The van der Waals surface area contributed by atoms with Gasteiger partial charge in [0.2, 0.25) is 0 Å². The third-order valence-corrected chi connectivity index (χ3v) is 1.85. The summed E-state index contributed by atoms with van der Waals surface area (Å²) in [5.74, 6) is 0.517. The number of hydrogen-bond donors (Lipinski definition) is 0. The fourth-order valence-corrected chi connectivity index (χ4v) is 1.10. The maximum Gasteiger partial charge on any atom is 0.272 e. The lowest BCUT2D eigenvalue weighted by Gasteiger charge is -1.97. The fraction of sp³-hybridized carbons (Fsp3) is 0.333. The van der Waals surface area contributed by atoms with Crippen molar-refractivity contribution in [1.82, 2.24) is 0 Å². The Labute approximate surface area is 76.4 Å². The highest BCUT2D eigenvalue weighted by Crippen LogP contribution is 2.18. The molecule has 0 heterocycles. The predicted molar refractivity (Wildman–Crippen MR) is 48.5 cm³/mol. The molecular weight excluding hydrogens is 170 g/mol. The first kappa shape index (κ1) is 9.51. The monoisotopic (exact) mass is 181 g/mol. The molecule has 13 heavy (non-hydrogen) atoms. The number of hydrogen-bond acceptors (Lipinski definition) is 3. The minimum absolute atomic E-state index is 0.127. The van der Waals surface area contributed by atoms with Crippen molar-refractivity contribution in [2.45, 2.75) is 13.3 Å². The van der Waals surface area contributed by atoms with Crippen LogP contribution in [-0.4, -0.2) is 12.0 Å². The van der Waals surface area contributed by atoms with E-state index in [9.17, 15) is 10.1 Å². The van der Waals surface area contributed by atoms with Crippen LogP contribution in [0.4, 0.5) is 0 Å². The van der Waals surface area contributed by atoms with E-state index in [1.807, 2.05) is 6.08 Å². The Morgan fingerprint density at radius 2 is 2.31 bits per heavy atom. The van der Waals surface area contributed by atoms with Crippen LogP contribution >= 0.6 is 0 Å². The second kappa shape index (κ2) is 3.89. The van der Waals surface area contributed by atoms with Gasteiger partial charge in [0.25, 0.3) is 5.70 Å². The minimum Gasteiger partial charge on any atom is -0.497 e. The molecule has 0 fully saturated rings. The lowest BCUT2D eigenvalue weighted by atomic mass is 10.2. The smallest absolute Gasteiger partial charge is 0.272 e. The fourth-order valence-electron chi connectivity index (χ4n) is 1.10. The van der Waals surface area contributed by atoms with Crippen LogP contribution in [0.25, 0.3) is 0 Å². The first-order chi connectivity index (χ1) is 6.15. The molecule has 0 aromatic heterocycles. The molecule has 0 aromatic carbocycles. The van der Waals surface area contributed by atoms with E-state index in [0.29, 0.717) is 12.2 Å². The van der Waals surface area contributed by atoms with Crippen molar-refractivity contribution in [1.29, 1.82) is 0 Å². The molecule has 1 rings (SSSR count). The highest BCUT2D eigenvalue weighted by atomic mass is 16.6. The molecule has 0 bridgehead atoms. The maximum absolute atomic E-state index is 10.6. The Kier molecular flexibility index (Phi) is 2.84. The van der Waals surface area contributed by atoms with Crippen molar-refractivity contribution < 1.29 is 9.66 Å². The van der Waals surface area contributed by atoms with E-state index < -0.39 is 0 Å². The summed E-state index contributed by atoms with van der Waals surface area (Å²) in [6.45, 7) is 1.75. The largest absolute Gasteiger partial charge is 0.497 e. The van der Waals surface area contributed by atoms with Crippen molar-refractivity contribution in [2.75, 3.05) is 7.11 Å². The van der Waals surface area contributed by atoms with E-state index in [1.165, 1.54) is 13.2 Å². The van der Waals surface area contributed by atoms with Crippen LogP contribution in [0.2, 0.25) is 0 Å². The molecule has 70 valence electrons. The second-order valence-electron chi connectivity index (χ2n) is 2.78. The third kappa shape index (κ3) is 2.18. The Hall–Kier alpha value is -1.58. The second-order valence-corrected chi connectivity index (χ2v) is 2.78. The molecule has 0 aromatic rings. The molecule has 4 heteroatoms. The number of allylic oxidation sites excluding steroid dienone is 4. The number of nitrogens with zero attached hydrogens (tertiary/aromatic N) is 1. The van der Waals surface area contributed by atoms with Crippen LogP contribution in [0.1, 0.15) is 13.3 Å². The lowest BCUT2D eigenvalue weighted by molar-refractivity contribution is -0.420. The van der Waals surface area contributed by atoms with E-state index in [-0.39, 0.29) is 10.6 Å². The van der Waals surface area contributed by atoms with E-state index in [2.05, 4.69) is 0 Å². The molecule has 0 amide bonds. The van der Waals surface area contributed by atoms with Crippen LogP contribution < -0.4 is 0 Å². The number of methoxy groups -OCH3 is 1. The van der Waals surface area contributed by atoms with Crippen LogP contribution in [0.3, 0.4) is 0 Å². The molecule has 0 N–H and O–H groups in total. The summed E-state index contributed by atoms with van der Waals surface area (Å²) in [7, 11) is 1.49. The summed E-state index contributed by atoms with van der Waals surface area (Å²) in [6, 6.07) is 0. The van der Waals surface area contributed by atoms with Crippen LogP contribution in [0.5, 0.6) is 0 Å². The lowest BCUT2D eigenvalue weighted by Crippen LogP contribution is -1.99. The molecule has 0 saturated heterocycles. The zero-order chi connectivity index (χ0) is 9.84. The van der Waals surface area contributed by atoms with Crippen molar-refractivity contribution in [3.05, 3.63) is 45.4 Å². The molecule has 4 nitrogen and oxygen atoms in total. The Bertz CT molecular complexity index is 313. The van der Waals surface area contributed by atoms with Gasteiger partial charge in [-0.15, -0.1) is 0 Å². The van der Waals surface area contributed by atoms with Crippen molar-refractivity contribution in [3.8, 4) is 0 Å². The molecule has 1 aliphatic carbocycles. The molecule has 0 radical (unpaired) electrons. The maximum atomic E-state index is 10.6. The molecular formula is C9H11NO3. The summed E-state index contributed by atoms with van der Waals surface area (Å²) in [6.07, 6.45) is 5.62. The van der Waals surface area contributed by atoms with Gasteiger partial charge in [0.05, 0.1) is 18.1 Å². The highest BCUT2D eigenvalue weighted by Gasteiger charge is 2.14. The Morgan fingerprint density at radius 3 is 2.85 bits per heavy atom. The zero-order valence-electron chi connectivity index (χ0n) is 7.61. The van der Waals surface area contributed by atoms with Crippen LogP contribution in [0.15, 0.2) is 35.3 Å². The van der Waals surface area contributed by atoms with Gasteiger partial charge in [0.15, 0.2) is 0 Å². The van der Waals surface area contributed by atoms with Gasteiger partial charge in [-0.3, -0.25) is 10.1 Å². The van der Waals surface area contributed by atoms with E-state index >= 15 is 0 Å². The average molecular weight is 181 g/mol. The summed E-state index contributed by atoms with van der Waals surface area (Å²) < 4.78 is 4.94. The topological polar surface area (TPSA) is 52.4 Å².